The number of hydrogen-bond acceptors (Lipinski definition) is 4. The molecule has 0 aromatic heterocycles. The summed E-state index contributed by atoms with van der Waals surface area (Å²) in [5.41, 5.74) is 2.05. The highest BCUT2D eigenvalue weighted by molar-refractivity contribution is 7.92. The maximum Gasteiger partial charge on any atom is 0.244 e. The summed E-state index contributed by atoms with van der Waals surface area (Å²) in [6, 6.07) is 11.0. The minimum atomic E-state index is -3.84. The molecule has 186 valence electrons. The van der Waals surface area contributed by atoms with E-state index >= 15 is 0 Å². The Labute approximate surface area is 212 Å². The van der Waals surface area contributed by atoms with E-state index in [4.69, 9.17) is 23.2 Å². The summed E-state index contributed by atoms with van der Waals surface area (Å²) in [6.07, 6.45) is 1.75. The van der Waals surface area contributed by atoms with Crippen molar-refractivity contribution >= 4 is 50.7 Å². The molecule has 2 amide bonds. The summed E-state index contributed by atoms with van der Waals surface area (Å²) in [4.78, 5) is 27.8. The van der Waals surface area contributed by atoms with Crippen molar-refractivity contribution < 1.29 is 18.0 Å². The zero-order chi connectivity index (χ0) is 25.6. The van der Waals surface area contributed by atoms with E-state index in [0.717, 1.165) is 28.1 Å². The number of sulfonamides is 1. The summed E-state index contributed by atoms with van der Waals surface area (Å²) in [6.45, 7) is 7.05. The van der Waals surface area contributed by atoms with Gasteiger partial charge in [0, 0.05) is 12.6 Å². The number of carbonyl (C=O) groups excluding carboxylic acids is 2. The average molecular weight is 529 g/mol. The predicted octanol–water partition coefficient (Wildman–Crippen LogP) is 4.40. The summed E-state index contributed by atoms with van der Waals surface area (Å²) in [7, 11) is -3.84. The van der Waals surface area contributed by atoms with Crippen LogP contribution in [0.25, 0.3) is 0 Å². The van der Waals surface area contributed by atoms with E-state index in [-0.39, 0.29) is 34.2 Å². The number of rotatable bonds is 10. The van der Waals surface area contributed by atoms with Crippen molar-refractivity contribution in [3.63, 3.8) is 0 Å². The lowest BCUT2D eigenvalue weighted by atomic mass is 10.1. The van der Waals surface area contributed by atoms with Gasteiger partial charge < -0.3 is 10.2 Å². The first-order chi connectivity index (χ1) is 15.8. The second-order valence-corrected chi connectivity index (χ2v) is 11.1. The maximum absolute atomic E-state index is 13.5. The molecule has 2 atom stereocenters. The molecule has 0 aliphatic heterocycles. The first-order valence-corrected chi connectivity index (χ1v) is 13.5. The Kier molecular flexibility index (Phi) is 9.79. The topological polar surface area (TPSA) is 86.8 Å². The van der Waals surface area contributed by atoms with E-state index < -0.39 is 28.5 Å². The fraction of sp³-hybridized carbons (Fsp3) is 0.417. The van der Waals surface area contributed by atoms with E-state index in [1.165, 1.54) is 23.1 Å². The fourth-order valence-corrected chi connectivity index (χ4v) is 4.44. The maximum atomic E-state index is 13.5. The quantitative estimate of drug-likeness (QED) is 0.495. The van der Waals surface area contributed by atoms with Crippen LogP contribution in [0.4, 0.5) is 5.69 Å². The Morgan fingerprint density at radius 1 is 1.06 bits per heavy atom. The van der Waals surface area contributed by atoms with Crippen LogP contribution < -0.4 is 9.62 Å². The number of nitrogens with zero attached hydrogens (tertiary/aromatic N) is 2. The van der Waals surface area contributed by atoms with Crippen LogP contribution in [0.3, 0.4) is 0 Å². The Hall–Kier alpha value is -2.29. The molecule has 2 aromatic rings. The van der Waals surface area contributed by atoms with Crippen LogP contribution >= 0.6 is 23.2 Å². The Morgan fingerprint density at radius 3 is 2.29 bits per heavy atom. The van der Waals surface area contributed by atoms with Crippen LogP contribution in [-0.4, -0.2) is 50.0 Å². The van der Waals surface area contributed by atoms with Crippen LogP contribution in [-0.2, 0) is 26.2 Å². The minimum absolute atomic E-state index is 0.0606. The molecule has 0 saturated heterocycles. The highest BCUT2D eigenvalue weighted by atomic mass is 35.5. The molecule has 0 radical (unpaired) electrons. The van der Waals surface area contributed by atoms with E-state index in [9.17, 15) is 18.0 Å². The van der Waals surface area contributed by atoms with Crippen LogP contribution in [0.2, 0.25) is 10.0 Å². The lowest BCUT2D eigenvalue weighted by Gasteiger charge is -2.32. The zero-order valence-corrected chi connectivity index (χ0v) is 22.3. The van der Waals surface area contributed by atoms with Crippen molar-refractivity contribution in [1.82, 2.24) is 10.2 Å². The molecule has 0 spiro atoms. The highest BCUT2D eigenvalue weighted by Gasteiger charge is 2.30. The molecule has 0 unspecified atom stereocenters. The number of anilines is 1. The molecule has 34 heavy (non-hydrogen) atoms. The third kappa shape index (κ3) is 7.61. The smallest absolute Gasteiger partial charge is 0.244 e. The highest BCUT2D eigenvalue weighted by Crippen LogP contribution is 2.28. The lowest BCUT2D eigenvalue weighted by Crippen LogP contribution is -2.52. The number of nitrogens with one attached hydrogen (secondary N) is 1. The number of halogens is 2. The minimum Gasteiger partial charge on any atom is -0.352 e. The van der Waals surface area contributed by atoms with Crippen molar-refractivity contribution in [3.05, 3.63) is 63.6 Å². The van der Waals surface area contributed by atoms with Gasteiger partial charge in [-0.05, 0) is 51.0 Å². The van der Waals surface area contributed by atoms with Gasteiger partial charge in [0.05, 0.1) is 22.0 Å². The molecule has 0 aliphatic rings. The molecule has 0 saturated carbocycles. The van der Waals surface area contributed by atoms with Gasteiger partial charge in [-0.2, -0.15) is 0 Å². The Morgan fingerprint density at radius 2 is 1.74 bits per heavy atom. The van der Waals surface area contributed by atoms with Gasteiger partial charge in [-0.25, -0.2) is 8.42 Å². The Balaban J connectivity index is 2.41. The molecule has 0 aliphatic carbocycles. The monoisotopic (exact) mass is 527 g/mol. The molecule has 2 rings (SSSR count). The number of carbonyl (C=O) groups is 2. The average Bonchev–Trinajstić information content (AvgIpc) is 2.76. The fourth-order valence-electron chi connectivity index (χ4n) is 3.31. The lowest BCUT2D eigenvalue weighted by molar-refractivity contribution is -0.139. The number of aryl methyl sites for hydroxylation is 1. The molecule has 7 nitrogen and oxygen atoms in total. The molecular weight excluding hydrogens is 497 g/mol. The Bertz CT molecular complexity index is 1140. The second kappa shape index (κ2) is 11.9. The molecule has 1 N–H and O–H groups in total. The zero-order valence-electron chi connectivity index (χ0n) is 20.0. The second-order valence-electron chi connectivity index (χ2n) is 8.37. The van der Waals surface area contributed by atoms with Crippen molar-refractivity contribution in [2.45, 2.75) is 52.7 Å². The largest absolute Gasteiger partial charge is 0.352 e. The molecule has 0 bridgehead atoms. The van der Waals surface area contributed by atoms with Gasteiger partial charge in [0.1, 0.15) is 12.6 Å². The molecule has 10 heteroatoms. The van der Waals surface area contributed by atoms with E-state index in [1.807, 2.05) is 45.0 Å². The number of amides is 2. The third-order valence-corrected chi connectivity index (χ3v) is 7.35. The van der Waals surface area contributed by atoms with Crippen LogP contribution in [0.1, 0.15) is 38.3 Å². The van der Waals surface area contributed by atoms with Gasteiger partial charge in [0.2, 0.25) is 21.8 Å². The number of hydrogen-bond donors (Lipinski definition) is 1. The molecule has 2 aromatic carbocycles. The third-order valence-electron chi connectivity index (χ3n) is 5.47. The predicted molar refractivity (Wildman–Crippen MR) is 138 cm³/mol. The molecule has 0 fully saturated rings. The van der Waals surface area contributed by atoms with Gasteiger partial charge >= 0.3 is 0 Å². The van der Waals surface area contributed by atoms with E-state index in [2.05, 4.69) is 5.32 Å². The van der Waals surface area contributed by atoms with E-state index in [0.29, 0.717) is 0 Å². The van der Waals surface area contributed by atoms with Crippen molar-refractivity contribution in [1.29, 1.82) is 0 Å². The van der Waals surface area contributed by atoms with Gasteiger partial charge in [-0.1, -0.05) is 60.0 Å². The van der Waals surface area contributed by atoms with Gasteiger partial charge in [0.15, 0.2) is 0 Å². The van der Waals surface area contributed by atoms with Gasteiger partial charge in [0.25, 0.3) is 0 Å². The SMILES string of the molecule is CC[C@H](C)NC(=O)[C@H](C)N(Cc1cccc(C)c1)C(=O)CN(c1ccc(Cl)c(Cl)c1)S(C)(=O)=O. The van der Waals surface area contributed by atoms with Crippen LogP contribution in [0, 0.1) is 6.92 Å². The normalized spacial score (nSPS) is 13.1. The van der Waals surface area contributed by atoms with Crippen molar-refractivity contribution in [2.24, 2.45) is 0 Å². The number of benzene rings is 2. The van der Waals surface area contributed by atoms with Gasteiger partial charge in [-0.15, -0.1) is 0 Å². The summed E-state index contributed by atoms with van der Waals surface area (Å²) < 4.78 is 26.1. The first kappa shape index (κ1) is 28.0. The standard InChI is InChI=1S/C24H31Cl2N3O4S/c1-6-17(3)27-24(31)18(4)28(14-19-9-7-8-16(2)12-19)23(30)15-29(34(5,32)33)20-10-11-21(25)22(26)13-20/h7-13,17-18H,6,14-15H2,1-5H3,(H,27,31)/t17-,18-/m0/s1. The van der Waals surface area contributed by atoms with Crippen molar-refractivity contribution in [3.8, 4) is 0 Å². The van der Waals surface area contributed by atoms with Crippen LogP contribution in [0.5, 0.6) is 0 Å². The summed E-state index contributed by atoms with van der Waals surface area (Å²) in [5, 5.41) is 3.32. The van der Waals surface area contributed by atoms with Gasteiger partial charge in [-0.3, -0.25) is 13.9 Å². The summed E-state index contributed by atoms with van der Waals surface area (Å²) >= 11 is 12.1. The van der Waals surface area contributed by atoms with Crippen molar-refractivity contribution in [2.75, 3.05) is 17.1 Å². The van der Waals surface area contributed by atoms with E-state index in [1.54, 1.807) is 6.92 Å². The summed E-state index contributed by atoms with van der Waals surface area (Å²) in [5.74, 6) is -0.833. The molecular formula is C24H31Cl2N3O4S. The van der Waals surface area contributed by atoms with Crippen LogP contribution in [0.15, 0.2) is 42.5 Å². The molecule has 0 heterocycles. The first-order valence-electron chi connectivity index (χ1n) is 10.9.